The summed E-state index contributed by atoms with van der Waals surface area (Å²) in [5.41, 5.74) is 1.45. The summed E-state index contributed by atoms with van der Waals surface area (Å²) in [6.07, 6.45) is -4.62. The summed E-state index contributed by atoms with van der Waals surface area (Å²) >= 11 is 0. The van der Waals surface area contributed by atoms with E-state index in [-0.39, 0.29) is 11.5 Å². The molecule has 0 aliphatic rings. The Kier molecular flexibility index (Phi) is 4.04. The number of fused-ring (bicyclic) bond motifs is 1. The predicted molar refractivity (Wildman–Crippen MR) is 84.5 cm³/mol. The van der Waals surface area contributed by atoms with Crippen molar-refractivity contribution in [3.05, 3.63) is 41.9 Å². The minimum atomic E-state index is -4.62. The van der Waals surface area contributed by atoms with Crippen LogP contribution in [0.25, 0.3) is 11.0 Å². The Morgan fingerprint density at radius 2 is 1.88 bits per heavy atom. The van der Waals surface area contributed by atoms with E-state index >= 15 is 0 Å². The van der Waals surface area contributed by atoms with Gasteiger partial charge in [0.15, 0.2) is 0 Å². The standard InChI is InChI=1S/C16H15F3N4O/c1-3-24-11-6-4-10(5-7-11)21-14-12-8-9(2)20-13(12)22-15(23-14)16(17,18)19/h4-8H,3H2,1-2H3,(H2,20,21,22,23). The number of rotatable bonds is 4. The van der Waals surface area contributed by atoms with E-state index in [1.807, 2.05) is 6.92 Å². The van der Waals surface area contributed by atoms with Crippen molar-refractivity contribution in [2.45, 2.75) is 20.0 Å². The molecule has 0 fully saturated rings. The monoisotopic (exact) mass is 336 g/mol. The Morgan fingerprint density at radius 1 is 1.17 bits per heavy atom. The summed E-state index contributed by atoms with van der Waals surface area (Å²) < 4.78 is 44.3. The molecule has 0 spiro atoms. The van der Waals surface area contributed by atoms with Gasteiger partial charge in [-0.2, -0.15) is 13.2 Å². The molecule has 2 N–H and O–H groups in total. The molecular weight excluding hydrogens is 321 g/mol. The molecule has 126 valence electrons. The molecule has 0 radical (unpaired) electrons. The van der Waals surface area contributed by atoms with Gasteiger partial charge in [0, 0.05) is 11.4 Å². The van der Waals surface area contributed by atoms with Gasteiger partial charge in [-0.3, -0.25) is 0 Å². The van der Waals surface area contributed by atoms with Gasteiger partial charge in [-0.15, -0.1) is 0 Å². The molecule has 1 aromatic carbocycles. The van der Waals surface area contributed by atoms with Crippen LogP contribution in [0.15, 0.2) is 30.3 Å². The number of hydrogen-bond acceptors (Lipinski definition) is 4. The normalized spacial score (nSPS) is 11.7. The molecule has 0 saturated heterocycles. The van der Waals surface area contributed by atoms with E-state index in [9.17, 15) is 13.2 Å². The highest BCUT2D eigenvalue weighted by Crippen LogP contribution is 2.32. The fraction of sp³-hybridized carbons (Fsp3) is 0.250. The number of aromatic nitrogens is 3. The fourth-order valence-electron chi connectivity index (χ4n) is 2.30. The lowest BCUT2D eigenvalue weighted by Crippen LogP contribution is -2.12. The first-order valence-corrected chi connectivity index (χ1v) is 7.31. The number of aromatic amines is 1. The maximum Gasteiger partial charge on any atom is 0.451 e. The second kappa shape index (κ2) is 6.03. The van der Waals surface area contributed by atoms with Gasteiger partial charge in [0.2, 0.25) is 5.82 Å². The maximum absolute atomic E-state index is 13.0. The third-order valence-corrected chi connectivity index (χ3v) is 3.30. The van der Waals surface area contributed by atoms with Crippen molar-refractivity contribution in [3.63, 3.8) is 0 Å². The molecule has 0 saturated carbocycles. The van der Waals surface area contributed by atoms with Crippen molar-refractivity contribution >= 4 is 22.5 Å². The van der Waals surface area contributed by atoms with Crippen LogP contribution in [-0.4, -0.2) is 21.6 Å². The first-order valence-electron chi connectivity index (χ1n) is 7.31. The number of halogens is 3. The maximum atomic E-state index is 13.0. The molecule has 0 unspecified atom stereocenters. The third-order valence-electron chi connectivity index (χ3n) is 3.30. The van der Waals surface area contributed by atoms with Crippen molar-refractivity contribution in [2.24, 2.45) is 0 Å². The van der Waals surface area contributed by atoms with E-state index < -0.39 is 12.0 Å². The zero-order valence-electron chi connectivity index (χ0n) is 13.0. The molecule has 2 heterocycles. The highest BCUT2D eigenvalue weighted by molar-refractivity contribution is 5.89. The van der Waals surface area contributed by atoms with Gasteiger partial charge in [-0.05, 0) is 44.2 Å². The van der Waals surface area contributed by atoms with Crippen LogP contribution in [0.5, 0.6) is 5.75 Å². The smallest absolute Gasteiger partial charge is 0.451 e. The molecule has 8 heteroatoms. The zero-order chi connectivity index (χ0) is 17.3. The van der Waals surface area contributed by atoms with E-state index in [0.717, 1.165) is 0 Å². The van der Waals surface area contributed by atoms with Crippen molar-refractivity contribution in [3.8, 4) is 5.75 Å². The number of H-pyrrole nitrogens is 1. The SMILES string of the molecule is CCOc1ccc(Nc2nc(C(F)(F)F)nc3[nH]c(C)cc23)cc1. The number of aryl methyl sites for hydroxylation is 1. The molecule has 3 rings (SSSR count). The average molecular weight is 336 g/mol. The van der Waals surface area contributed by atoms with Crippen molar-refractivity contribution in [2.75, 3.05) is 11.9 Å². The second-order valence-corrected chi connectivity index (χ2v) is 5.19. The summed E-state index contributed by atoms with van der Waals surface area (Å²) in [4.78, 5) is 10.0. The lowest BCUT2D eigenvalue weighted by atomic mass is 10.3. The van der Waals surface area contributed by atoms with E-state index in [4.69, 9.17) is 4.74 Å². The second-order valence-electron chi connectivity index (χ2n) is 5.19. The van der Waals surface area contributed by atoms with Gasteiger partial charge in [-0.1, -0.05) is 0 Å². The van der Waals surface area contributed by atoms with Gasteiger partial charge in [-0.25, -0.2) is 9.97 Å². The molecule has 0 amide bonds. The van der Waals surface area contributed by atoms with Crippen molar-refractivity contribution < 1.29 is 17.9 Å². The molecule has 3 aromatic rings. The van der Waals surface area contributed by atoms with E-state index in [2.05, 4.69) is 20.3 Å². The quantitative estimate of drug-likeness (QED) is 0.740. The predicted octanol–water partition coefficient (Wildman–Crippen LogP) is 4.43. The molecule has 2 aromatic heterocycles. The number of nitrogens with zero attached hydrogens (tertiary/aromatic N) is 2. The highest BCUT2D eigenvalue weighted by atomic mass is 19.4. The fourth-order valence-corrected chi connectivity index (χ4v) is 2.30. The summed E-state index contributed by atoms with van der Waals surface area (Å²) in [5.74, 6) is -0.407. The number of alkyl halides is 3. The third kappa shape index (κ3) is 3.27. The summed E-state index contributed by atoms with van der Waals surface area (Å²) in [6, 6.07) is 8.60. The van der Waals surface area contributed by atoms with Crippen LogP contribution in [0, 0.1) is 6.92 Å². The minimum Gasteiger partial charge on any atom is -0.494 e. The van der Waals surface area contributed by atoms with Crippen LogP contribution < -0.4 is 10.1 Å². The lowest BCUT2D eigenvalue weighted by molar-refractivity contribution is -0.144. The largest absolute Gasteiger partial charge is 0.494 e. The number of benzene rings is 1. The molecule has 0 atom stereocenters. The highest BCUT2D eigenvalue weighted by Gasteiger charge is 2.35. The number of hydrogen-bond donors (Lipinski definition) is 2. The Bertz CT molecular complexity index is 856. The molecular formula is C16H15F3N4O. The molecule has 24 heavy (non-hydrogen) atoms. The van der Waals surface area contributed by atoms with E-state index in [0.29, 0.717) is 29.1 Å². The first kappa shape index (κ1) is 16.1. The van der Waals surface area contributed by atoms with Crippen LogP contribution >= 0.6 is 0 Å². The van der Waals surface area contributed by atoms with Gasteiger partial charge in [0.1, 0.15) is 17.2 Å². The average Bonchev–Trinajstić information content (AvgIpc) is 2.89. The Balaban J connectivity index is 2.00. The minimum absolute atomic E-state index is 0.0980. The van der Waals surface area contributed by atoms with Crippen molar-refractivity contribution in [1.29, 1.82) is 0 Å². The Hall–Kier alpha value is -2.77. The van der Waals surface area contributed by atoms with Gasteiger partial charge in [0.05, 0.1) is 12.0 Å². The molecule has 0 bridgehead atoms. The van der Waals surface area contributed by atoms with Gasteiger partial charge in [0.25, 0.3) is 0 Å². The van der Waals surface area contributed by atoms with Crippen molar-refractivity contribution in [1.82, 2.24) is 15.0 Å². The van der Waals surface area contributed by atoms with Crippen LogP contribution in [0.1, 0.15) is 18.4 Å². The van der Waals surface area contributed by atoms with E-state index in [1.54, 1.807) is 37.3 Å². The summed E-state index contributed by atoms with van der Waals surface area (Å²) in [6.45, 7) is 4.16. The van der Waals surface area contributed by atoms with Crippen LogP contribution in [0.3, 0.4) is 0 Å². The molecule has 5 nitrogen and oxygen atoms in total. The zero-order valence-corrected chi connectivity index (χ0v) is 13.0. The summed E-state index contributed by atoms with van der Waals surface area (Å²) in [5, 5.41) is 3.41. The van der Waals surface area contributed by atoms with Gasteiger partial charge >= 0.3 is 6.18 Å². The topological polar surface area (TPSA) is 62.8 Å². The van der Waals surface area contributed by atoms with Crippen LogP contribution in [0.2, 0.25) is 0 Å². The van der Waals surface area contributed by atoms with E-state index in [1.165, 1.54) is 0 Å². The van der Waals surface area contributed by atoms with Gasteiger partial charge < -0.3 is 15.0 Å². The molecule has 0 aliphatic carbocycles. The Morgan fingerprint density at radius 3 is 2.50 bits per heavy atom. The molecule has 0 aliphatic heterocycles. The number of ether oxygens (including phenoxy) is 1. The summed E-state index contributed by atoms with van der Waals surface area (Å²) in [7, 11) is 0. The Labute approximate surface area is 135 Å². The number of nitrogens with one attached hydrogen (secondary N) is 2. The number of anilines is 2. The lowest BCUT2D eigenvalue weighted by Gasteiger charge is -2.11. The van der Waals surface area contributed by atoms with Crippen LogP contribution in [-0.2, 0) is 6.18 Å². The van der Waals surface area contributed by atoms with Crippen LogP contribution in [0.4, 0.5) is 24.7 Å². The first-order chi connectivity index (χ1) is 11.4.